The summed E-state index contributed by atoms with van der Waals surface area (Å²) in [5, 5.41) is 0. The molecule has 0 aromatic carbocycles. The van der Waals surface area contributed by atoms with E-state index < -0.39 is 0 Å². The van der Waals surface area contributed by atoms with Gasteiger partial charge >= 0.3 is 0 Å². The largest absolute Gasteiger partial charge is 0.329 e. The molecule has 2 aliphatic rings. The van der Waals surface area contributed by atoms with E-state index in [2.05, 4.69) is 25.8 Å². The molecule has 0 aromatic heterocycles. The van der Waals surface area contributed by atoms with Gasteiger partial charge in [-0.1, -0.05) is 26.7 Å². The summed E-state index contributed by atoms with van der Waals surface area (Å²) in [4.78, 5) is 2.56. The van der Waals surface area contributed by atoms with Crippen molar-refractivity contribution >= 4 is 0 Å². The zero-order chi connectivity index (χ0) is 12.4. The van der Waals surface area contributed by atoms with E-state index in [9.17, 15) is 0 Å². The molecule has 0 amide bonds. The van der Waals surface area contributed by atoms with Crippen molar-refractivity contribution in [2.45, 2.75) is 52.0 Å². The molecule has 3 atom stereocenters. The standard InChI is InChI=1S/C15H30N2/c1-11-4-6-13(7-5-11)15(9-16)17(3)10-14-8-12(14)2/h11-15H,4-10,16H2,1-3H3. The molecule has 0 aromatic rings. The molecular weight excluding hydrogens is 208 g/mol. The Morgan fingerprint density at radius 1 is 1.18 bits per heavy atom. The molecule has 2 nitrogen and oxygen atoms in total. The van der Waals surface area contributed by atoms with Gasteiger partial charge in [-0.2, -0.15) is 0 Å². The quantitative estimate of drug-likeness (QED) is 0.798. The Morgan fingerprint density at radius 2 is 1.76 bits per heavy atom. The van der Waals surface area contributed by atoms with Crippen LogP contribution in [0, 0.1) is 23.7 Å². The van der Waals surface area contributed by atoms with Gasteiger partial charge in [-0.05, 0) is 50.0 Å². The first-order chi connectivity index (χ1) is 8.11. The number of likely N-dealkylation sites (N-methyl/N-ethyl adjacent to an activating group) is 1. The molecule has 0 aliphatic heterocycles. The minimum atomic E-state index is 0.635. The van der Waals surface area contributed by atoms with Gasteiger partial charge in [0, 0.05) is 19.1 Å². The maximum absolute atomic E-state index is 6.03. The average Bonchev–Trinajstić information content (AvgIpc) is 2.98. The molecule has 2 heteroatoms. The summed E-state index contributed by atoms with van der Waals surface area (Å²) in [7, 11) is 2.29. The van der Waals surface area contributed by atoms with Crippen LogP contribution in [0.4, 0.5) is 0 Å². The molecule has 3 unspecified atom stereocenters. The highest BCUT2D eigenvalue weighted by Crippen LogP contribution is 2.39. The lowest BCUT2D eigenvalue weighted by Crippen LogP contribution is -2.45. The number of hydrogen-bond donors (Lipinski definition) is 1. The highest BCUT2D eigenvalue weighted by molar-refractivity contribution is 4.89. The first kappa shape index (κ1) is 13.4. The molecule has 2 saturated carbocycles. The Bertz CT molecular complexity index is 233. The third-order valence-corrected chi connectivity index (χ3v) is 5.21. The summed E-state index contributed by atoms with van der Waals surface area (Å²) >= 11 is 0. The normalized spacial score (nSPS) is 39.4. The predicted molar refractivity (Wildman–Crippen MR) is 73.9 cm³/mol. The summed E-state index contributed by atoms with van der Waals surface area (Å²) in [6, 6.07) is 0.635. The monoisotopic (exact) mass is 238 g/mol. The predicted octanol–water partition coefficient (Wildman–Crippen LogP) is 2.73. The van der Waals surface area contributed by atoms with Crippen LogP contribution < -0.4 is 5.73 Å². The van der Waals surface area contributed by atoms with Gasteiger partial charge in [-0.3, -0.25) is 0 Å². The van der Waals surface area contributed by atoms with Crippen molar-refractivity contribution in [3.05, 3.63) is 0 Å². The van der Waals surface area contributed by atoms with E-state index in [0.717, 1.165) is 30.2 Å². The van der Waals surface area contributed by atoms with Crippen LogP contribution in [0.1, 0.15) is 46.0 Å². The first-order valence-electron chi connectivity index (χ1n) is 7.52. The molecule has 2 aliphatic carbocycles. The molecule has 100 valence electrons. The van der Waals surface area contributed by atoms with Crippen molar-refractivity contribution in [1.29, 1.82) is 0 Å². The minimum absolute atomic E-state index is 0.635. The molecule has 0 saturated heterocycles. The Balaban J connectivity index is 1.82. The van der Waals surface area contributed by atoms with Gasteiger partial charge in [0.25, 0.3) is 0 Å². The Labute approximate surface area is 107 Å². The van der Waals surface area contributed by atoms with Crippen molar-refractivity contribution < 1.29 is 0 Å². The summed E-state index contributed by atoms with van der Waals surface area (Å²) in [6.07, 6.45) is 7.05. The van der Waals surface area contributed by atoms with Crippen LogP contribution in [0.5, 0.6) is 0 Å². The fourth-order valence-electron chi connectivity index (χ4n) is 3.56. The van der Waals surface area contributed by atoms with E-state index in [1.165, 1.54) is 38.6 Å². The molecule has 0 heterocycles. The van der Waals surface area contributed by atoms with Gasteiger partial charge in [0.05, 0.1) is 0 Å². The van der Waals surface area contributed by atoms with Gasteiger partial charge in [-0.25, -0.2) is 0 Å². The second kappa shape index (κ2) is 5.71. The Kier molecular flexibility index (Phi) is 4.48. The van der Waals surface area contributed by atoms with Gasteiger partial charge in [0.2, 0.25) is 0 Å². The summed E-state index contributed by atoms with van der Waals surface area (Å²) in [5.74, 6) is 3.72. The fraction of sp³-hybridized carbons (Fsp3) is 1.00. The lowest BCUT2D eigenvalue weighted by atomic mass is 9.79. The van der Waals surface area contributed by atoms with Crippen LogP contribution in [0.25, 0.3) is 0 Å². The van der Waals surface area contributed by atoms with E-state index in [-0.39, 0.29) is 0 Å². The second-order valence-electron chi connectivity index (χ2n) is 6.74. The van der Waals surface area contributed by atoms with Gasteiger partial charge in [0.15, 0.2) is 0 Å². The maximum atomic E-state index is 6.03. The van der Waals surface area contributed by atoms with Crippen LogP contribution in [-0.2, 0) is 0 Å². The highest BCUT2D eigenvalue weighted by atomic mass is 15.1. The molecule has 0 radical (unpaired) electrons. The summed E-state index contributed by atoms with van der Waals surface area (Å²) < 4.78 is 0. The van der Waals surface area contributed by atoms with Gasteiger partial charge in [0.1, 0.15) is 0 Å². The average molecular weight is 238 g/mol. The smallest absolute Gasteiger partial charge is 0.0243 e. The van der Waals surface area contributed by atoms with E-state index in [4.69, 9.17) is 5.73 Å². The van der Waals surface area contributed by atoms with Crippen LogP contribution >= 0.6 is 0 Å². The van der Waals surface area contributed by atoms with E-state index in [0.29, 0.717) is 6.04 Å². The number of hydrogen-bond acceptors (Lipinski definition) is 2. The molecule has 2 fully saturated rings. The minimum Gasteiger partial charge on any atom is -0.329 e. The van der Waals surface area contributed by atoms with Gasteiger partial charge < -0.3 is 10.6 Å². The van der Waals surface area contributed by atoms with Crippen LogP contribution in [0.3, 0.4) is 0 Å². The summed E-state index contributed by atoms with van der Waals surface area (Å²) in [5.41, 5.74) is 6.03. The SMILES string of the molecule is CC1CCC(C(CN)N(C)CC2CC2C)CC1. The molecule has 2 rings (SSSR count). The highest BCUT2D eigenvalue weighted by Gasteiger charge is 2.36. The molecular formula is C15H30N2. The Hall–Kier alpha value is -0.0800. The first-order valence-corrected chi connectivity index (χ1v) is 7.52. The van der Waals surface area contributed by atoms with Crippen molar-refractivity contribution in [3.63, 3.8) is 0 Å². The molecule has 2 N–H and O–H groups in total. The van der Waals surface area contributed by atoms with Gasteiger partial charge in [-0.15, -0.1) is 0 Å². The number of nitrogens with two attached hydrogens (primary N) is 1. The topological polar surface area (TPSA) is 29.3 Å². The lowest BCUT2D eigenvalue weighted by molar-refractivity contribution is 0.130. The third kappa shape index (κ3) is 3.45. The van der Waals surface area contributed by atoms with E-state index >= 15 is 0 Å². The number of nitrogens with zero attached hydrogens (tertiary/aromatic N) is 1. The van der Waals surface area contributed by atoms with Crippen molar-refractivity contribution in [2.75, 3.05) is 20.1 Å². The van der Waals surface area contributed by atoms with Crippen molar-refractivity contribution in [3.8, 4) is 0 Å². The lowest BCUT2D eigenvalue weighted by Gasteiger charge is -2.37. The van der Waals surface area contributed by atoms with E-state index in [1.807, 2.05) is 0 Å². The molecule has 17 heavy (non-hydrogen) atoms. The molecule has 0 spiro atoms. The third-order valence-electron chi connectivity index (χ3n) is 5.21. The zero-order valence-corrected chi connectivity index (χ0v) is 11.9. The molecule has 0 bridgehead atoms. The van der Waals surface area contributed by atoms with Crippen LogP contribution in [0.15, 0.2) is 0 Å². The second-order valence-corrected chi connectivity index (χ2v) is 6.74. The zero-order valence-electron chi connectivity index (χ0n) is 11.9. The number of rotatable bonds is 5. The maximum Gasteiger partial charge on any atom is 0.0243 e. The summed E-state index contributed by atoms with van der Waals surface area (Å²) in [6.45, 7) is 6.88. The van der Waals surface area contributed by atoms with E-state index in [1.54, 1.807) is 0 Å². The Morgan fingerprint density at radius 3 is 2.24 bits per heavy atom. The van der Waals surface area contributed by atoms with Crippen molar-refractivity contribution in [1.82, 2.24) is 4.90 Å². The van der Waals surface area contributed by atoms with Crippen molar-refractivity contribution in [2.24, 2.45) is 29.4 Å². The fourth-order valence-corrected chi connectivity index (χ4v) is 3.56. The van der Waals surface area contributed by atoms with Crippen LogP contribution in [0.2, 0.25) is 0 Å². The van der Waals surface area contributed by atoms with Crippen LogP contribution in [-0.4, -0.2) is 31.1 Å².